The van der Waals surface area contributed by atoms with E-state index in [4.69, 9.17) is 10.5 Å². The highest BCUT2D eigenvalue weighted by Gasteiger charge is 2.09. The van der Waals surface area contributed by atoms with Crippen molar-refractivity contribution in [3.05, 3.63) is 53.2 Å². The van der Waals surface area contributed by atoms with Crippen LogP contribution in [0.2, 0.25) is 0 Å². The highest BCUT2D eigenvalue weighted by atomic mass is 16.5. The molecule has 3 N–H and O–H groups in total. The second-order valence-electron chi connectivity index (χ2n) is 5.18. The Morgan fingerprint density at radius 3 is 2.75 bits per heavy atom. The summed E-state index contributed by atoms with van der Waals surface area (Å²) in [5.41, 5.74) is 8.39. The second kappa shape index (κ2) is 8.67. The highest BCUT2D eigenvalue weighted by Crippen LogP contribution is 2.19. The molecule has 0 saturated carbocycles. The van der Waals surface area contributed by atoms with E-state index >= 15 is 0 Å². The third kappa shape index (κ3) is 5.08. The monoisotopic (exact) mass is 326 g/mol. The van der Waals surface area contributed by atoms with Crippen LogP contribution in [-0.4, -0.2) is 29.1 Å². The number of nitrogens with two attached hydrogens (primary N) is 1. The fourth-order valence-electron chi connectivity index (χ4n) is 2.25. The molecular weight excluding hydrogens is 304 g/mol. The third-order valence-electron chi connectivity index (χ3n) is 3.38. The van der Waals surface area contributed by atoms with Crippen LogP contribution in [0.1, 0.15) is 23.7 Å². The maximum atomic E-state index is 11.5. The Kier molecular flexibility index (Phi) is 6.31. The predicted molar refractivity (Wildman–Crippen MR) is 95.5 cm³/mol. The molecule has 0 fully saturated rings. The summed E-state index contributed by atoms with van der Waals surface area (Å²) in [5.74, 6) is 0.406. The van der Waals surface area contributed by atoms with Crippen molar-refractivity contribution in [3.63, 3.8) is 0 Å². The quantitative estimate of drug-likeness (QED) is 0.600. The Labute approximate surface area is 141 Å². The first-order valence-corrected chi connectivity index (χ1v) is 7.87. The fourth-order valence-corrected chi connectivity index (χ4v) is 2.25. The average molecular weight is 326 g/mol. The molecule has 6 heteroatoms. The highest BCUT2D eigenvalue weighted by molar-refractivity contribution is 5.88. The lowest BCUT2D eigenvalue weighted by atomic mass is 10.1. The number of aryl methyl sites for hydroxylation is 1. The Bertz CT molecular complexity index is 714. The van der Waals surface area contributed by atoms with Crippen LogP contribution in [0.4, 0.5) is 11.8 Å². The van der Waals surface area contributed by atoms with Gasteiger partial charge in [0.05, 0.1) is 12.3 Å². The summed E-state index contributed by atoms with van der Waals surface area (Å²) in [6.45, 7) is 4.62. The average Bonchev–Trinajstić information content (AvgIpc) is 2.55. The van der Waals surface area contributed by atoms with E-state index in [2.05, 4.69) is 27.4 Å². The number of ether oxygens (including phenoxy) is 1. The molecule has 0 unspecified atom stereocenters. The minimum Gasteiger partial charge on any atom is -0.463 e. The first-order chi connectivity index (χ1) is 11.6. The Morgan fingerprint density at radius 2 is 2.04 bits per heavy atom. The zero-order valence-electron chi connectivity index (χ0n) is 14.0. The number of hydrogen-bond donors (Lipinski definition) is 2. The van der Waals surface area contributed by atoms with Gasteiger partial charge in [-0.25, -0.2) is 9.78 Å². The topological polar surface area (TPSA) is 90.1 Å². The van der Waals surface area contributed by atoms with E-state index in [1.54, 1.807) is 13.0 Å². The number of carbonyl (C=O) groups is 1. The van der Waals surface area contributed by atoms with Crippen molar-refractivity contribution in [3.8, 4) is 0 Å². The van der Waals surface area contributed by atoms with Crippen LogP contribution in [0.15, 0.2) is 36.4 Å². The van der Waals surface area contributed by atoms with Crippen molar-refractivity contribution < 1.29 is 9.53 Å². The van der Waals surface area contributed by atoms with E-state index in [-0.39, 0.29) is 5.95 Å². The molecule has 1 aromatic heterocycles. The number of nitrogens with one attached hydrogen (secondary N) is 1. The first kappa shape index (κ1) is 17.5. The van der Waals surface area contributed by atoms with E-state index in [1.807, 2.05) is 25.1 Å². The van der Waals surface area contributed by atoms with Gasteiger partial charge in [0, 0.05) is 18.2 Å². The lowest BCUT2D eigenvalue weighted by Gasteiger charge is -2.11. The molecule has 0 atom stereocenters. The van der Waals surface area contributed by atoms with Crippen molar-refractivity contribution in [1.82, 2.24) is 9.97 Å². The summed E-state index contributed by atoms with van der Waals surface area (Å²) < 4.78 is 4.89. The molecule has 1 aromatic carbocycles. The van der Waals surface area contributed by atoms with Gasteiger partial charge < -0.3 is 15.8 Å². The molecule has 2 rings (SSSR count). The molecule has 0 spiro atoms. The molecule has 0 aliphatic heterocycles. The standard InChI is InChI=1S/C18H22N4O2/c1-3-24-16(23)10-9-15-13(2)21-18(19)22-17(15)20-12-11-14-7-5-4-6-8-14/h4-10H,3,11-12H2,1-2H3,(H3,19,20,21,22)/b10-9+. The minimum absolute atomic E-state index is 0.197. The van der Waals surface area contributed by atoms with Crippen molar-refractivity contribution in [1.29, 1.82) is 0 Å². The predicted octanol–water partition coefficient (Wildman–Crippen LogP) is 2.60. The summed E-state index contributed by atoms with van der Waals surface area (Å²) >= 11 is 0. The first-order valence-electron chi connectivity index (χ1n) is 7.87. The largest absolute Gasteiger partial charge is 0.463 e. The summed E-state index contributed by atoms with van der Waals surface area (Å²) in [6.07, 6.45) is 3.87. The number of nitrogen functional groups attached to an aromatic ring is 1. The van der Waals surface area contributed by atoms with E-state index < -0.39 is 5.97 Å². The maximum absolute atomic E-state index is 11.5. The van der Waals surface area contributed by atoms with Crippen LogP contribution in [0.3, 0.4) is 0 Å². The fraction of sp³-hybridized carbons (Fsp3) is 0.278. The summed E-state index contributed by atoms with van der Waals surface area (Å²) in [6, 6.07) is 10.2. The van der Waals surface area contributed by atoms with E-state index in [1.165, 1.54) is 11.6 Å². The van der Waals surface area contributed by atoms with Gasteiger partial charge in [0.2, 0.25) is 5.95 Å². The van der Waals surface area contributed by atoms with Crippen LogP contribution in [0.5, 0.6) is 0 Å². The van der Waals surface area contributed by atoms with Crippen molar-refractivity contribution >= 4 is 23.8 Å². The molecule has 6 nitrogen and oxygen atoms in total. The van der Waals surface area contributed by atoms with Gasteiger partial charge in [-0.05, 0) is 31.9 Å². The molecule has 0 amide bonds. The maximum Gasteiger partial charge on any atom is 0.330 e. The SMILES string of the molecule is CCOC(=O)/C=C/c1c(C)nc(N)nc1NCCc1ccccc1. The molecule has 0 aliphatic rings. The number of anilines is 2. The van der Waals surface area contributed by atoms with Crippen LogP contribution < -0.4 is 11.1 Å². The summed E-state index contributed by atoms with van der Waals surface area (Å²) in [7, 11) is 0. The van der Waals surface area contributed by atoms with Crippen molar-refractivity contribution in [2.75, 3.05) is 24.2 Å². The molecule has 0 saturated heterocycles. The van der Waals surface area contributed by atoms with E-state index in [0.717, 1.165) is 12.0 Å². The number of rotatable bonds is 7. The minimum atomic E-state index is -0.399. The lowest BCUT2D eigenvalue weighted by molar-refractivity contribution is -0.137. The number of hydrogen-bond acceptors (Lipinski definition) is 6. The Hall–Kier alpha value is -2.89. The third-order valence-corrected chi connectivity index (χ3v) is 3.38. The number of nitrogens with zero attached hydrogens (tertiary/aromatic N) is 2. The zero-order valence-corrected chi connectivity index (χ0v) is 14.0. The van der Waals surface area contributed by atoms with Gasteiger partial charge in [-0.15, -0.1) is 0 Å². The molecule has 24 heavy (non-hydrogen) atoms. The number of aromatic nitrogens is 2. The zero-order chi connectivity index (χ0) is 17.4. The molecule has 1 heterocycles. The lowest BCUT2D eigenvalue weighted by Crippen LogP contribution is -2.11. The van der Waals surface area contributed by atoms with Gasteiger partial charge in [-0.1, -0.05) is 30.3 Å². The Morgan fingerprint density at radius 1 is 1.29 bits per heavy atom. The van der Waals surface area contributed by atoms with E-state index in [9.17, 15) is 4.79 Å². The van der Waals surface area contributed by atoms with Gasteiger partial charge in [-0.3, -0.25) is 0 Å². The van der Waals surface area contributed by atoms with Gasteiger partial charge in [0.25, 0.3) is 0 Å². The van der Waals surface area contributed by atoms with Gasteiger partial charge in [0.15, 0.2) is 0 Å². The molecule has 126 valence electrons. The van der Waals surface area contributed by atoms with Crippen LogP contribution in [0, 0.1) is 6.92 Å². The second-order valence-corrected chi connectivity index (χ2v) is 5.18. The summed E-state index contributed by atoms with van der Waals surface area (Å²) in [4.78, 5) is 19.9. The molecule has 0 radical (unpaired) electrons. The van der Waals surface area contributed by atoms with Crippen molar-refractivity contribution in [2.24, 2.45) is 0 Å². The molecule has 2 aromatic rings. The van der Waals surface area contributed by atoms with Crippen molar-refractivity contribution in [2.45, 2.75) is 20.3 Å². The molecular formula is C18H22N4O2. The van der Waals surface area contributed by atoms with E-state index in [0.29, 0.717) is 24.7 Å². The Balaban J connectivity index is 2.11. The number of esters is 1. The normalized spacial score (nSPS) is 10.8. The van der Waals surface area contributed by atoms with Gasteiger partial charge in [-0.2, -0.15) is 4.98 Å². The van der Waals surface area contributed by atoms with Crippen LogP contribution in [-0.2, 0) is 16.0 Å². The summed E-state index contributed by atoms with van der Waals surface area (Å²) in [5, 5.41) is 3.26. The smallest absolute Gasteiger partial charge is 0.330 e. The molecule has 0 bridgehead atoms. The number of benzene rings is 1. The van der Waals surface area contributed by atoms with Crippen LogP contribution >= 0.6 is 0 Å². The van der Waals surface area contributed by atoms with Gasteiger partial charge in [0.1, 0.15) is 5.82 Å². The number of carbonyl (C=O) groups excluding carboxylic acids is 1. The van der Waals surface area contributed by atoms with Crippen LogP contribution in [0.25, 0.3) is 6.08 Å². The van der Waals surface area contributed by atoms with Gasteiger partial charge >= 0.3 is 5.97 Å². The molecule has 0 aliphatic carbocycles.